The first-order valence-electron chi connectivity index (χ1n) is 10.6. The first kappa shape index (κ1) is 21.9. The maximum Gasteiger partial charge on any atom is 0.251 e. The fourth-order valence-corrected chi connectivity index (χ4v) is 3.95. The Morgan fingerprint density at radius 3 is 2.44 bits per heavy atom. The van der Waals surface area contributed by atoms with Gasteiger partial charge < -0.3 is 14.6 Å². The molecule has 0 spiro atoms. The molecule has 0 aliphatic heterocycles. The van der Waals surface area contributed by atoms with Gasteiger partial charge in [-0.2, -0.15) is 0 Å². The van der Waals surface area contributed by atoms with Crippen LogP contribution in [0.4, 0.5) is 0 Å². The maximum absolute atomic E-state index is 12.7. The number of benzene rings is 3. The molecule has 5 nitrogen and oxygen atoms in total. The van der Waals surface area contributed by atoms with E-state index in [4.69, 9.17) is 21.3 Å². The molecular formula is C26H26ClN3O2. The van der Waals surface area contributed by atoms with Gasteiger partial charge in [0, 0.05) is 10.6 Å². The number of rotatable bonds is 7. The average molecular weight is 448 g/mol. The molecular weight excluding hydrogens is 422 g/mol. The Hall–Kier alpha value is -3.31. The summed E-state index contributed by atoms with van der Waals surface area (Å²) in [6.07, 6.45) is 0. The summed E-state index contributed by atoms with van der Waals surface area (Å²) in [4.78, 5) is 17.5. The normalized spacial score (nSPS) is 12.0. The van der Waals surface area contributed by atoms with Crippen molar-refractivity contribution in [3.05, 3.63) is 94.3 Å². The Kier molecular flexibility index (Phi) is 6.47. The topological polar surface area (TPSA) is 56.1 Å². The minimum absolute atomic E-state index is 0.125. The fraction of sp³-hybridized carbons (Fsp3) is 0.231. The van der Waals surface area contributed by atoms with Crippen molar-refractivity contribution in [1.29, 1.82) is 0 Å². The van der Waals surface area contributed by atoms with E-state index >= 15 is 0 Å². The number of carbonyl (C=O) groups excluding carboxylic acids is 1. The number of para-hydroxylation sites is 2. The van der Waals surface area contributed by atoms with Gasteiger partial charge in [0.1, 0.15) is 18.2 Å². The van der Waals surface area contributed by atoms with Gasteiger partial charge in [0.2, 0.25) is 0 Å². The smallest absolute Gasteiger partial charge is 0.251 e. The number of aryl methyl sites for hydroxylation is 2. The number of halogens is 1. The first-order chi connectivity index (χ1) is 15.4. The van der Waals surface area contributed by atoms with Gasteiger partial charge in [-0.25, -0.2) is 4.98 Å². The predicted molar refractivity (Wildman–Crippen MR) is 128 cm³/mol. The second-order valence-electron chi connectivity index (χ2n) is 7.89. The molecule has 1 amide bonds. The summed E-state index contributed by atoms with van der Waals surface area (Å²) in [6.45, 7) is 6.96. The zero-order chi connectivity index (χ0) is 22.7. The Balaban J connectivity index is 1.54. The lowest BCUT2D eigenvalue weighted by molar-refractivity contribution is 0.0937. The SMILES string of the molecule is Cc1cc(OCCn2c(C(C)NC(=O)c3ccccc3)nc3ccccc32)cc(C)c1Cl. The fourth-order valence-electron chi connectivity index (χ4n) is 3.84. The minimum Gasteiger partial charge on any atom is -0.492 e. The zero-order valence-electron chi connectivity index (χ0n) is 18.4. The largest absolute Gasteiger partial charge is 0.492 e. The number of hydrogen-bond donors (Lipinski definition) is 1. The highest BCUT2D eigenvalue weighted by atomic mass is 35.5. The van der Waals surface area contributed by atoms with Gasteiger partial charge in [-0.15, -0.1) is 0 Å². The van der Waals surface area contributed by atoms with E-state index in [1.54, 1.807) is 12.1 Å². The van der Waals surface area contributed by atoms with Crippen molar-refractivity contribution in [2.45, 2.75) is 33.4 Å². The lowest BCUT2D eigenvalue weighted by Gasteiger charge is -2.17. The molecule has 0 saturated carbocycles. The van der Waals surface area contributed by atoms with Crippen molar-refractivity contribution in [3.63, 3.8) is 0 Å². The molecule has 1 unspecified atom stereocenters. The van der Waals surface area contributed by atoms with Crippen LogP contribution in [0.2, 0.25) is 5.02 Å². The summed E-state index contributed by atoms with van der Waals surface area (Å²) in [5.74, 6) is 1.46. The van der Waals surface area contributed by atoms with E-state index in [1.165, 1.54) is 0 Å². The summed E-state index contributed by atoms with van der Waals surface area (Å²) in [5.41, 5.74) is 4.51. The predicted octanol–water partition coefficient (Wildman–Crippen LogP) is 5.88. The summed E-state index contributed by atoms with van der Waals surface area (Å²) < 4.78 is 8.15. The molecule has 4 aromatic rings. The third-order valence-corrected chi connectivity index (χ3v) is 6.04. The molecule has 0 bridgehead atoms. The second-order valence-corrected chi connectivity index (χ2v) is 8.27. The van der Waals surface area contributed by atoms with Crippen LogP contribution in [-0.4, -0.2) is 22.1 Å². The quantitative estimate of drug-likeness (QED) is 0.385. The number of carbonyl (C=O) groups is 1. The average Bonchev–Trinajstić information content (AvgIpc) is 3.17. The molecule has 0 aliphatic rings. The summed E-state index contributed by atoms with van der Waals surface area (Å²) in [5, 5.41) is 3.83. The molecule has 4 rings (SSSR count). The number of aromatic nitrogens is 2. The van der Waals surface area contributed by atoms with E-state index in [9.17, 15) is 4.79 Å². The van der Waals surface area contributed by atoms with Gasteiger partial charge in [-0.3, -0.25) is 4.79 Å². The molecule has 1 heterocycles. The molecule has 1 aromatic heterocycles. The highest BCUT2D eigenvalue weighted by molar-refractivity contribution is 6.32. The molecule has 0 saturated heterocycles. The lowest BCUT2D eigenvalue weighted by atomic mass is 10.1. The van der Waals surface area contributed by atoms with Gasteiger partial charge in [-0.1, -0.05) is 41.9 Å². The van der Waals surface area contributed by atoms with Gasteiger partial charge in [0.05, 0.1) is 23.6 Å². The van der Waals surface area contributed by atoms with E-state index in [0.29, 0.717) is 18.7 Å². The Bertz CT molecular complexity index is 1230. The van der Waals surface area contributed by atoms with Crippen LogP contribution in [0.15, 0.2) is 66.7 Å². The third-order valence-electron chi connectivity index (χ3n) is 5.45. The van der Waals surface area contributed by atoms with Crippen LogP contribution in [-0.2, 0) is 6.54 Å². The monoisotopic (exact) mass is 447 g/mol. The molecule has 3 aromatic carbocycles. The molecule has 164 valence electrons. The van der Waals surface area contributed by atoms with E-state index < -0.39 is 0 Å². The highest BCUT2D eigenvalue weighted by Gasteiger charge is 2.19. The lowest BCUT2D eigenvalue weighted by Crippen LogP contribution is -2.29. The van der Waals surface area contributed by atoms with Crippen LogP contribution >= 0.6 is 11.6 Å². The van der Waals surface area contributed by atoms with Crippen LogP contribution in [0, 0.1) is 13.8 Å². The number of hydrogen-bond acceptors (Lipinski definition) is 3. The van der Waals surface area contributed by atoms with Crippen LogP contribution in [0.3, 0.4) is 0 Å². The molecule has 0 radical (unpaired) electrons. The van der Waals surface area contributed by atoms with Crippen LogP contribution in [0.1, 0.15) is 40.3 Å². The Labute approximate surface area is 193 Å². The van der Waals surface area contributed by atoms with Crippen LogP contribution in [0.25, 0.3) is 11.0 Å². The van der Waals surface area contributed by atoms with E-state index in [2.05, 4.69) is 9.88 Å². The molecule has 1 N–H and O–H groups in total. The van der Waals surface area contributed by atoms with Crippen molar-refractivity contribution in [1.82, 2.24) is 14.9 Å². The standard InChI is InChI=1S/C26H26ClN3O2/c1-17-15-21(16-18(2)24(17)27)32-14-13-30-23-12-8-7-11-22(23)29-25(30)19(3)28-26(31)20-9-5-4-6-10-20/h4-12,15-16,19H,13-14H2,1-3H3,(H,28,31). The summed E-state index contributed by atoms with van der Waals surface area (Å²) in [6, 6.07) is 20.8. The Morgan fingerprint density at radius 1 is 1.06 bits per heavy atom. The van der Waals surface area contributed by atoms with Gasteiger partial charge in [-0.05, 0) is 68.3 Å². The molecule has 0 fully saturated rings. The van der Waals surface area contributed by atoms with Gasteiger partial charge >= 0.3 is 0 Å². The van der Waals surface area contributed by atoms with Gasteiger partial charge in [0.15, 0.2) is 0 Å². The number of imidazole rings is 1. The van der Waals surface area contributed by atoms with Crippen molar-refractivity contribution in [3.8, 4) is 5.75 Å². The number of ether oxygens (including phenoxy) is 1. The van der Waals surface area contributed by atoms with E-state index in [0.717, 1.165) is 38.8 Å². The van der Waals surface area contributed by atoms with Crippen molar-refractivity contribution < 1.29 is 9.53 Å². The second kappa shape index (κ2) is 9.45. The Morgan fingerprint density at radius 2 is 1.72 bits per heavy atom. The number of nitrogens with zero attached hydrogens (tertiary/aromatic N) is 2. The molecule has 6 heteroatoms. The number of fused-ring (bicyclic) bond motifs is 1. The molecule has 32 heavy (non-hydrogen) atoms. The maximum atomic E-state index is 12.7. The zero-order valence-corrected chi connectivity index (χ0v) is 19.2. The van der Waals surface area contributed by atoms with Crippen LogP contribution in [0.5, 0.6) is 5.75 Å². The van der Waals surface area contributed by atoms with Crippen molar-refractivity contribution in [2.24, 2.45) is 0 Å². The van der Waals surface area contributed by atoms with E-state index in [1.807, 2.05) is 75.4 Å². The number of amides is 1. The molecule has 1 atom stereocenters. The van der Waals surface area contributed by atoms with Gasteiger partial charge in [0.25, 0.3) is 5.91 Å². The highest BCUT2D eigenvalue weighted by Crippen LogP contribution is 2.26. The van der Waals surface area contributed by atoms with Crippen molar-refractivity contribution >= 4 is 28.5 Å². The summed E-state index contributed by atoms with van der Waals surface area (Å²) in [7, 11) is 0. The van der Waals surface area contributed by atoms with E-state index in [-0.39, 0.29) is 11.9 Å². The first-order valence-corrected chi connectivity index (χ1v) is 11.0. The minimum atomic E-state index is -0.268. The van der Waals surface area contributed by atoms with Crippen LogP contribution < -0.4 is 10.1 Å². The third kappa shape index (κ3) is 4.63. The summed E-state index contributed by atoms with van der Waals surface area (Å²) >= 11 is 6.27. The van der Waals surface area contributed by atoms with Crippen molar-refractivity contribution in [2.75, 3.05) is 6.61 Å². The molecule has 0 aliphatic carbocycles. The number of nitrogens with one attached hydrogen (secondary N) is 1.